The summed E-state index contributed by atoms with van der Waals surface area (Å²) >= 11 is 5.58. The van der Waals surface area contributed by atoms with Gasteiger partial charge < -0.3 is 16.0 Å². The van der Waals surface area contributed by atoms with Gasteiger partial charge in [0, 0.05) is 18.3 Å². The topological polar surface area (TPSA) is 70.2 Å². The van der Waals surface area contributed by atoms with Crippen LogP contribution in [0.2, 0.25) is 5.02 Å². The monoisotopic (exact) mass is 361 g/mol. The van der Waals surface area contributed by atoms with Crippen molar-refractivity contribution in [2.45, 2.75) is 12.5 Å². The van der Waals surface area contributed by atoms with Crippen molar-refractivity contribution < 1.29 is 14.0 Å². The Bertz CT molecular complexity index is 813. The highest BCUT2D eigenvalue weighted by atomic mass is 35.5. The minimum Gasteiger partial charge on any atom is -0.346 e. The van der Waals surface area contributed by atoms with E-state index in [1.807, 2.05) is 18.2 Å². The molecular weight excluding hydrogens is 345 g/mol. The predicted molar refractivity (Wildman–Crippen MR) is 93.9 cm³/mol. The summed E-state index contributed by atoms with van der Waals surface area (Å²) in [5.74, 6) is -2.30. The van der Waals surface area contributed by atoms with Gasteiger partial charge in [0.2, 0.25) is 0 Å². The van der Waals surface area contributed by atoms with Crippen LogP contribution in [0.1, 0.15) is 17.2 Å². The van der Waals surface area contributed by atoms with E-state index in [-0.39, 0.29) is 23.3 Å². The average molecular weight is 362 g/mol. The SMILES string of the molecule is O=C(NC[C@H]1NCCc2ccccc21)C(=O)Nc1ccc(Cl)c(F)c1. The Hall–Kier alpha value is -2.44. The van der Waals surface area contributed by atoms with Gasteiger partial charge in [0.1, 0.15) is 5.82 Å². The second-order valence-corrected chi connectivity index (χ2v) is 6.16. The molecule has 0 aliphatic carbocycles. The van der Waals surface area contributed by atoms with Gasteiger partial charge in [0.25, 0.3) is 0 Å². The minimum absolute atomic E-state index is 0.0466. The number of amides is 2. The van der Waals surface area contributed by atoms with Gasteiger partial charge in [-0.1, -0.05) is 35.9 Å². The van der Waals surface area contributed by atoms with Gasteiger partial charge in [-0.2, -0.15) is 0 Å². The van der Waals surface area contributed by atoms with Crippen molar-refractivity contribution in [2.75, 3.05) is 18.4 Å². The smallest absolute Gasteiger partial charge is 0.313 e. The molecule has 0 spiro atoms. The van der Waals surface area contributed by atoms with Gasteiger partial charge >= 0.3 is 11.8 Å². The molecule has 0 radical (unpaired) electrons. The summed E-state index contributed by atoms with van der Waals surface area (Å²) in [4.78, 5) is 23.9. The molecule has 2 amide bonds. The molecule has 1 heterocycles. The molecule has 25 heavy (non-hydrogen) atoms. The highest BCUT2D eigenvalue weighted by molar-refractivity contribution is 6.39. The first-order valence-electron chi connectivity index (χ1n) is 7.90. The molecule has 1 aliphatic heterocycles. The zero-order valence-electron chi connectivity index (χ0n) is 13.3. The lowest BCUT2D eigenvalue weighted by Gasteiger charge is -2.27. The number of hydrogen-bond donors (Lipinski definition) is 3. The third kappa shape index (κ3) is 4.15. The lowest BCUT2D eigenvalue weighted by atomic mass is 9.94. The lowest BCUT2D eigenvalue weighted by Crippen LogP contribution is -2.42. The van der Waals surface area contributed by atoms with Gasteiger partial charge in [0.15, 0.2) is 0 Å². The number of halogens is 2. The first-order valence-corrected chi connectivity index (χ1v) is 8.28. The van der Waals surface area contributed by atoms with Gasteiger partial charge in [-0.25, -0.2) is 4.39 Å². The Labute approximate surface area is 149 Å². The summed E-state index contributed by atoms with van der Waals surface area (Å²) in [5.41, 5.74) is 2.53. The number of nitrogens with one attached hydrogen (secondary N) is 3. The highest BCUT2D eigenvalue weighted by Crippen LogP contribution is 2.22. The molecule has 0 unspecified atom stereocenters. The predicted octanol–water partition coefficient (Wildman–Crippen LogP) is 2.42. The third-order valence-corrected chi connectivity index (χ3v) is 4.37. The molecule has 5 nitrogen and oxygen atoms in total. The molecule has 2 aromatic carbocycles. The van der Waals surface area contributed by atoms with Crippen LogP contribution in [0.15, 0.2) is 42.5 Å². The molecule has 0 aromatic heterocycles. The molecule has 0 saturated carbocycles. The summed E-state index contributed by atoms with van der Waals surface area (Å²) in [6.45, 7) is 1.10. The van der Waals surface area contributed by atoms with Crippen molar-refractivity contribution in [3.8, 4) is 0 Å². The molecule has 3 rings (SSSR count). The minimum atomic E-state index is -0.856. The van der Waals surface area contributed by atoms with Crippen molar-refractivity contribution in [1.82, 2.24) is 10.6 Å². The van der Waals surface area contributed by atoms with E-state index >= 15 is 0 Å². The van der Waals surface area contributed by atoms with Crippen LogP contribution >= 0.6 is 11.6 Å². The van der Waals surface area contributed by atoms with E-state index < -0.39 is 17.6 Å². The molecule has 0 saturated heterocycles. The van der Waals surface area contributed by atoms with E-state index in [1.54, 1.807) is 0 Å². The average Bonchev–Trinajstić information content (AvgIpc) is 2.62. The van der Waals surface area contributed by atoms with Gasteiger partial charge in [-0.05, 0) is 42.3 Å². The van der Waals surface area contributed by atoms with Gasteiger partial charge in [-0.15, -0.1) is 0 Å². The maximum Gasteiger partial charge on any atom is 0.313 e. The molecule has 2 aromatic rings. The van der Waals surface area contributed by atoms with E-state index in [2.05, 4.69) is 22.0 Å². The fourth-order valence-electron chi connectivity index (χ4n) is 2.81. The second kappa shape index (κ2) is 7.63. The van der Waals surface area contributed by atoms with Crippen LogP contribution in [-0.2, 0) is 16.0 Å². The molecule has 1 atom stereocenters. The first-order chi connectivity index (χ1) is 12.0. The molecule has 3 N–H and O–H groups in total. The summed E-state index contributed by atoms with van der Waals surface area (Å²) in [6, 6.07) is 11.8. The normalized spacial score (nSPS) is 16.0. The lowest BCUT2D eigenvalue weighted by molar-refractivity contribution is -0.136. The Morgan fingerprint density at radius 3 is 2.80 bits per heavy atom. The molecule has 1 aliphatic rings. The number of anilines is 1. The van der Waals surface area contributed by atoms with Crippen molar-refractivity contribution in [1.29, 1.82) is 0 Å². The van der Waals surface area contributed by atoms with E-state index in [0.717, 1.165) is 24.6 Å². The fraction of sp³-hybridized carbons (Fsp3) is 0.222. The van der Waals surface area contributed by atoms with Crippen molar-refractivity contribution in [2.24, 2.45) is 0 Å². The van der Waals surface area contributed by atoms with E-state index in [4.69, 9.17) is 11.6 Å². The second-order valence-electron chi connectivity index (χ2n) is 5.75. The standard InChI is InChI=1S/C18H17ClFN3O2/c19-14-6-5-12(9-15(14)20)23-18(25)17(24)22-10-16-13-4-2-1-3-11(13)7-8-21-16/h1-6,9,16,21H,7-8,10H2,(H,22,24)(H,23,25)/t16-/m1/s1. The largest absolute Gasteiger partial charge is 0.346 e. The maximum absolute atomic E-state index is 13.4. The first kappa shape index (κ1) is 17.4. The van der Waals surface area contributed by atoms with E-state index in [1.165, 1.54) is 17.7 Å². The van der Waals surface area contributed by atoms with Crippen LogP contribution in [-0.4, -0.2) is 24.9 Å². The van der Waals surface area contributed by atoms with Gasteiger partial charge in [-0.3, -0.25) is 9.59 Å². The van der Waals surface area contributed by atoms with Crippen LogP contribution < -0.4 is 16.0 Å². The number of carbonyl (C=O) groups is 2. The summed E-state index contributed by atoms with van der Waals surface area (Å²) in [6.07, 6.45) is 0.934. The summed E-state index contributed by atoms with van der Waals surface area (Å²) in [5, 5.41) is 8.22. The van der Waals surface area contributed by atoms with Crippen molar-refractivity contribution in [3.63, 3.8) is 0 Å². The zero-order valence-corrected chi connectivity index (χ0v) is 14.1. The fourth-order valence-corrected chi connectivity index (χ4v) is 2.93. The summed E-state index contributed by atoms with van der Waals surface area (Å²) < 4.78 is 13.4. The number of fused-ring (bicyclic) bond motifs is 1. The molecule has 130 valence electrons. The number of rotatable bonds is 3. The van der Waals surface area contributed by atoms with Crippen LogP contribution in [0.25, 0.3) is 0 Å². The number of benzene rings is 2. The van der Waals surface area contributed by atoms with Crippen molar-refractivity contribution in [3.05, 3.63) is 64.4 Å². The third-order valence-electron chi connectivity index (χ3n) is 4.07. The Balaban J connectivity index is 1.57. The Morgan fingerprint density at radius 1 is 1.20 bits per heavy atom. The summed E-state index contributed by atoms with van der Waals surface area (Å²) in [7, 11) is 0. The highest BCUT2D eigenvalue weighted by Gasteiger charge is 2.21. The maximum atomic E-state index is 13.4. The van der Waals surface area contributed by atoms with Crippen LogP contribution in [0.5, 0.6) is 0 Å². The molecule has 0 fully saturated rings. The van der Waals surface area contributed by atoms with Crippen LogP contribution in [0.4, 0.5) is 10.1 Å². The molecular formula is C18H17ClFN3O2. The van der Waals surface area contributed by atoms with Crippen LogP contribution in [0.3, 0.4) is 0 Å². The number of hydrogen-bond acceptors (Lipinski definition) is 3. The zero-order chi connectivity index (χ0) is 17.8. The number of carbonyl (C=O) groups excluding carboxylic acids is 2. The quantitative estimate of drug-likeness (QED) is 0.735. The Kier molecular flexibility index (Phi) is 5.31. The molecule has 0 bridgehead atoms. The van der Waals surface area contributed by atoms with E-state index in [0.29, 0.717) is 0 Å². The Morgan fingerprint density at radius 2 is 2.00 bits per heavy atom. The van der Waals surface area contributed by atoms with Crippen LogP contribution in [0, 0.1) is 5.82 Å². The van der Waals surface area contributed by atoms with Gasteiger partial charge in [0.05, 0.1) is 5.02 Å². The molecule has 7 heteroatoms. The van der Waals surface area contributed by atoms with Crippen molar-refractivity contribution >= 4 is 29.1 Å². The van der Waals surface area contributed by atoms with E-state index in [9.17, 15) is 14.0 Å².